The van der Waals surface area contributed by atoms with Crippen LogP contribution in [0.2, 0.25) is 0 Å². The van der Waals surface area contributed by atoms with Gasteiger partial charge in [-0.25, -0.2) is 8.78 Å². The summed E-state index contributed by atoms with van der Waals surface area (Å²) >= 11 is 0. The molecule has 0 spiro atoms. The first-order valence-corrected chi connectivity index (χ1v) is 10.6. The molecule has 4 nitrogen and oxygen atoms in total. The molecule has 4 bridgehead atoms. The highest BCUT2D eigenvalue weighted by molar-refractivity contribution is 5.91. The highest BCUT2D eigenvalue weighted by Crippen LogP contribution is 2.59. The maximum atomic E-state index is 13.7. The minimum absolute atomic E-state index is 0.0506. The zero-order chi connectivity index (χ0) is 21.8. The first kappa shape index (κ1) is 20.4. The number of carbonyl (C=O) groups excluding carboxylic acids is 1. The van der Waals surface area contributed by atoms with Gasteiger partial charge in [-0.1, -0.05) is 0 Å². The van der Waals surface area contributed by atoms with Crippen molar-refractivity contribution in [1.29, 1.82) is 0 Å². The zero-order valence-electron chi connectivity index (χ0n) is 16.9. The largest absolute Gasteiger partial charge is 0.479 e. The van der Waals surface area contributed by atoms with Crippen LogP contribution in [0.3, 0.4) is 0 Å². The predicted molar refractivity (Wildman–Crippen MR) is 102 cm³/mol. The van der Waals surface area contributed by atoms with E-state index >= 15 is 0 Å². The number of furan rings is 1. The van der Waals surface area contributed by atoms with Gasteiger partial charge in [-0.3, -0.25) is 4.79 Å². The molecule has 4 saturated carbocycles. The van der Waals surface area contributed by atoms with Crippen LogP contribution in [-0.4, -0.2) is 12.5 Å². The van der Waals surface area contributed by atoms with Gasteiger partial charge < -0.3 is 14.5 Å². The summed E-state index contributed by atoms with van der Waals surface area (Å²) in [6.07, 6.45) is 7.47. The molecule has 0 unspecified atom stereocenters. The van der Waals surface area contributed by atoms with E-state index in [1.165, 1.54) is 50.7 Å². The third kappa shape index (κ3) is 3.81. The molecule has 0 atom stereocenters. The molecule has 1 N–H and O–H groups in total. The second-order valence-corrected chi connectivity index (χ2v) is 9.45. The van der Waals surface area contributed by atoms with Crippen LogP contribution in [0.25, 0.3) is 0 Å². The molecule has 31 heavy (non-hydrogen) atoms. The van der Waals surface area contributed by atoms with Gasteiger partial charge in [0, 0.05) is 12.6 Å². The molecular weight excluding hydrogens is 414 g/mol. The predicted octanol–water partition coefficient (Wildman–Crippen LogP) is 5.36. The molecule has 0 aliphatic heterocycles. The molecule has 1 heterocycles. The van der Waals surface area contributed by atoms with Crippen molar-refractivity contribution in [3.05, 3.63) is 53.0 Å². The number of nitrogens with one attached hydrogen (secondary N) is 1. The topological polar surface area (TPSA) is 51.5 Å². The van der Waals surface area contributed by atoms with Crippen molar-refractivity contribution in [2.24, 2.45) is 23.2 Å². The number of hydrogen-bond acceptors (Lipinski definition) is 3. The molecule has 1 amide bonds. The smallest absolute Gasteiger partial charge is 0.287 e. The Morgan fingerprint density at radius 1 is 1.00 bits per heavy atom. The Labute approximate surface area is 176 Å². The summed E-state index contributed by atoms with van der Waals surface area (Å²) in [6, 6.07) is 2.97. The Kier molecular flexibility index (Phi) is 4.98. The summed E-state index contributed by atoms with van der Waals surface area (Å²) < 4.78 is 64.2. The van der Waals surface area contributed by atoms with E-state index in [-0.39, 0.29) is 28.9 Å². The van der Waals surface area contributed by atoms with E-state index in [0.717, 1.165) is 17.8 Å². The van der Waals surface area contributed by atoms with Crippen molar-refractivity contribution in [2.75, 3.05) is 6.54 Å². The number of ether oxygens (including phenoxy) is 1. The van der Waals surface area contributed by atoms with Crippen LogP contribution in [0.15, 0.2) is 22.6 Å². The molecule has 4 aliphatic carbocycles. The average molecular weight is 437 g/mol. The Morgan fingerprint density at radius 3 is 2.16 bits per heavy atom. The van der Waals surface area contributed by atoms with Crippen molar-refractivity contribution in [2.45, 2.75) is 45.1 Å². The molecule has 6 rings (SSSR count). The van der Waals surface area contributed by atoms with Gasteiger partial charge in [0.2, 0.25) is 11.6 Å². The van der Waals surface area contributed by atoms with Crippen LogP contribution in [0.1, 0.15) is 54.8 Å². The number of halogens is 4. The number of amides is 1. The third-order valence-corrected chi connectivity index (χ3v) is 7.10. The quantitative estimate of drug-likeness (QED) is 0.489. The average Bonchev–Trinajstić information content (AvgIpc) is 3.19. The fraction of sp³-hybridized carbons (Fsp3) is 0.522. The van der Waals surface area contributed by atoms with Crippen LogP contribution in [0, 0.1) is 46.4 Å². The zero-order valence-corrected chi connectivity index (χ0v) is 16.9. The summed E-state index contributed by atoms with van der Waals surface area (Å²) in [5.41, 5.74) is 0.180. The van der Waals surface area contributed by atoms with Gasteiger partial charge in [0.15, 0.2) is 23.1 Å². The van der Waals surface area contributed by atoms with E-state index in [4.69, 9.17) is 9.15 Å². The van der Waals surface area contributed by atoms with Crippen molar-refractivity contribution in [3.63, 3.8) is 0 Å². The lowest BCUT2D eigenvalue weighted by molar-refractivity contribution is -0.0504. The SMILES string of the molecule is O=C(NCC12CC3CC(CC(C3)C1)C2)c1ccc(COc2c(F)c(F)cc(F)c2F)o1. The van der Waals surface area contributed by atoms with Crippen LogP contribution in [0.5, 0.6) is 5.75 Å². The highest BCUT2D eigenvalue weighted by atomic mass is 19.2. The molecule has 2 aromatic rings. The summed E-state index contributed by atoms with van der Waals surface area (Å²) in [5.74, 6) is -5.40. The van der Waals surface area contributed by atoms with Crippen LogP contribution < -0.4 is 10.1 Å². The number of rotatable bonds is 6. The maximum Gasteiger partial charge on any atom is 0.287 e. The van der Waals surface area contributed by atoms with Gasteiger partial charge in [-0.2, -0.15) is 8.78 Å². The summed E-state index contributed by atoms with van der Waals surface area (Å²) in [7, 11) is 0. The van der Waals surface area contributed by atoms with E-state index in [2.05, 4.69) is 5.32 Å². The van der Waals surface area contributed by atoms with Crippen LogP contribution >= 0.6 is 0 Å². The summed E-state index contributed by atoms with van der Waals surface area (Å²) in [5, 5.41) is 2.98. The third-order valence-electron chi connectivity index (χ3n) is 7.10. The fourth-order valence-corrected chi connectivity index (χ4v) is 6.26. The van der Waals surface area contributed by atoms with Crippen molar-refractivity contribution < 1.29 is 31.5 Å². The molecule has 166 valence electrons. The van der Waals surface area contributed by atoms with E-state index in [9.17, 15) is 22.4 Å². The minimum atomic E-state index is -1.63. The summed E-state index contributed by atoms with van der Waals surface area (Å²) in [4.78, 5) is 12.6. The number of carbonyl (C=O) groups is 1. The maximum absolute atomic E-state index is 13.7. The molecule has 1 aromatic heterocycles. The van der Waals surface area contributed by atoms with E-state index in [1.807, 2.05) is 0 Å². The first-order chi connectivity index (χ1) is 14.8. The van der Waals surface area contributed by atoms with E-state index in [0.29, 0.717) is 6.54 Å². The van der Waals surface area contributed by atoms with Crippen molar-refractivity contribution >= 4 is 5.91 Å². The van der Waals surface area contributed by atoms with Crippen LogP contribution in [0.4, 0.5) is 17.6 Å². The second kappa shape index (κ2) is 7.57. The minimum Gasteiger partial charge on any atom is -0.479 e. The van der Waals surface area contributed by atoms with Crippen LogP contribution in [-0.2, 0) is 6.61 Å². The fourth-order valence-electron chi connectivity index (χ4n) is 6.26. The molecule has 0 radical (unpaired) electrons. The monoisotopic (exact) mass is 437 g/mol. The Hall–Kier alpha value is -2.51. The number of benzene rings is 1. The molecule has 4 aliphatic rings. The molecular formula is C23H23F4NO3. The Balaban J connectivity index is 1.20. The highest BCUT2D eigenvalue weighted by Gasteiger charge is 2.50. The molecule has 1 aromatic carbocycles. The van der Waals surface area contributed by atoms with Gasteiger partial charge in [-0.15, -0.1) is 0 Å². The van der Waals surface area contributed by atoms with Gasteiger partial charge in [0.1, 0.15) is 12.4 Å². The van der Waals surface area contributed by atoms with Crippen molar-refractivity contribution in [1.82, 2.24) is 5.32 Å². The van der Waals surface area contributed by atoms with E-state index < -0.39 is 35.6 Å². The normalized spacial score (nSPS) is 28.7. The molecule has 0 saturated heterocycles. The van der Waals surface area contributed by atoms with Gasteiger partial charge in [0.25, 0.3) is 5.91 Å². The lowest BCUT2D eigenvalue weighted by atomic mass is 9.49. The number of hydrogen-bond donors (Lipinski definition) is 1. The second-order valence-electron chi connectivity index (χ2n) is 9.45. The standard InChI is InChI=1S/C23H23F4NO3/c24-16-6-17(25)20(27)21(19(16)26)30-10-15-1-2-18(31-15)22(29)28-11-23-7-12-3-13(8-23)5-14(4-12)9-23/h1-2,6,12-14H,3-5,7-11H2,(H,28,29). The summed E-state index contributed by atoms with van der Waals surface area (Å²) in [6.45, 7) is 0.125. The molecule has 4 fully saturated rings. The van der Waals surface area contributed by atoms with Crippen molar-refractivity contribution in [3.8, 4) is 5.75 Å². The van der Waals surface area contributed by atoms with Gasteiger partial charge >= 0.3 is 0 Å². The lowest BCUT2D eigenvalue weighted by Crippen LogP contribution is -2.51. The Bertz CT molecular complexity index is 957. The van der Waals surface area contributed by atoms with Gasteiger partial charge in [-0.05, 0) is 73.8 Å². The van der Waals surface area contributed by atoms with E-state index in [1.54, 1.807) is 0 Å². The Morgan fingerprint density at radius 2 is 1.58 bits per heavy atom. The molecule has 8 heteroatoms. The first-order valence-electron chi connectivity index (χ1n) is 10.6. The lowest BCUT2D eigenvalue weighted by Gasteiger charge is -2.56. The van der Waals surface area contributed by atoms with Gasteiger partial charge in [0.05, 0.1) is 0 Å².